The van der Waals surface area contributed by atoms with Crippen LogP contribution in [-0.4, -0.2) is 33.0 Å². The van der Waals surface area contributed by atoms with Gasteiger partial charge in [-0.2, -0.15) is 0 Å². The predicted octanol–water partition coefficient (Wildman–Crippen LogP) is 3.29. The summed E-state index contributed by atoms with van der Waals surface area (Å²) >= 11 is 0. The van der Waals surface area contributed by atoms with E-state index in [9.17, 15) is 8.42 Å². The number of nitrogens with one attached hydrogen (secondary N) is 1. The molecular weight excluding hydrogens is 282 g/mol. The Hall–Kier alpha value is -0.870. The standard InChI is InChI=1S/C17H29NO2S/c1-4-12-18-14-16(10-8-13-21(19,20)5-2)17-11-7-6-9-15(17)3/h6-7,9,11,16,18H,4-5,8,10,12-14H2,1-3H3. The second-order valence-electron chi connectivity index (χ2n) is 5.64. The van der Waals surface area contributed by atoms with Crippen LogP contribution in [-0.2, 0) is 9.84 Å². The maximum absolute atomic E-state index is 11.6. The SMILES string of the molecule is CCCNCC(CCCS(=O)(=O)CC)c1ccccc1C. The van der Waals surface area contributed by atoms with Gasteiger partial charge in [-0.25, -0.2) is 8.42 Å². The molecule has 0 aliphatic heterocycles. The summed E-state index contributed by atoms with van der Waals surface area (Å²) in [6, 6.07) is 8.42. The highest BCUT2D eigenvalue weighted by Gasteiger charge is 2.15. The van der Waals surface area contributed by atoms with Crippen LogP contribution in [0.5, 0.6) is 0 Å². The molecule has 1 aromatic rings. The van der Waals surface area contributed by atoms with Crippen molar-refractivity contribution in [2.75, 3.05) is 24.6 Å². The highest BCUT2D eigenvalue weighted by molar-refractivity contribution is 7.91. The molecule has 0 aliphatic rings. The molecule has 0 fully saturated rings. The Morgan fingerprint density at radius 1 is 1.19 bits per heavy atom. The summed E-state index contributed by atoms with van der Waals surface area (Å²) in [6.07, 6.45) is 2.77. The van der Waals surface area contributed by atoms with Gasteiger partial charge in [0.05, 0.1) is 5.75 Å². The van der Waals surface area contributed by atoms with Gasteiger partial charge >= 0.3 is 0 Å². The molecule has 1 atom stereocenters. The van der Waals surface area contributed by atoms with Crippen LogP contribution in [0.25, 0.3) is 0 Å². The van der Waals surface area contributed by atoms with Gasteiger partial charge in [0.2, 0.25) is 0 Å². The molecule has 0 heterocycles. The minimum Gasteiger partial charge on any atom is -0.316 e. The van der Waals surface area contributed by atoms with Gasteiger partial charge in [0.25, 0.3) is 0 Å². The third kappa shape index (κ3) is 6.62. The topological polar surface area (TPSA) is 46.2 Å². The Kier molecular flexibility index (Phi) is 7.97. The van der Waals surface area contributed by atoms with Crippen LogP contribution in [0.2, 0.25) is 0 Å². The van der Waals surface area contributed by atoms with E-state index in [0.717, 1.165) is 32.4 Å². The third-order valence-corrected chi connectivity index (χ3v) is 5.68. The van der Waals surface area contributed by atoms with Crippen molar-refractivity contribution in [1.29, 1.82) is 0 Å². The molecule has 0 bridgehead atoms. The van der Waals surface area contributed by atoms with E-state index < -0.39 is 9.84 Å². The van der Waals surface area contributed by atoms with Gasteiger partial charge < -0.3 is 5.32 Å². The molecule has 0 amide bonds. The van der Waals surface area contributed by atoms with E-state index in [0.29, 0.717) is 11.7 Å². The quantitative estimate of drug-likeness (QED) is 0.674. The summed E-state index contributed by atoms with van der Waals surface area (Å²) in [5.41, 5.74) is 2.63. The zero-order valence-electron chi connectivity index (χ0n) is 13.6. The maximum atomic E-state index is 11.6. The molecule has 4 heteroatoms. The summed E-state index contributed by atoms with van der Waals surface area (Å²) in [5, 5.41) is 3.47. The number of benzene rings is 1. The van der Waals surface area contributed by atoms with Crippen LogP contribution < -0.4 is 5.32 Å². The van der Waals surface area contributed by atoms with E-state index in [1.165, 1.54) is 11.1 Å². The molecule has 1 aromatic carbocycles. The van der Waals surface area contributed by atoms with Crippen LogP contribution in [0.3, 0.4) is 0 Å². The number of hydrogen-bond acceptors (Lipinski definition) is 3. The van der Waals surface area contributed by atoms with Crippen LogP contribution in [0.1, 0.15) is 50.2 Å². The van der Waals surface area contributed by atoms with Crippen molar-refractivity contribution in [2.24, 2.45) is 0 Å². The number of hydrogen-bond donors (Lipinski definition) is 1. The molecular formula is C17H29NO2S. The molecule has 3 nitrogen and oxygen atoms in total. The van der Waals surface area contributed by atoms with Gasteiger partial charge in [0.1, 0.15) is 9.84 Å². The molecule has 0 aliphatic carbocycles. The predicted molar refractivity (Wildman–Crippen MR) is 90.6 cm³/mol. The highest BCUT2D eigenvalue weighted by Crippen LogP contribution is 2.24. The van der Waals surface area contributed by atoms with E-state index in [2.05, 4.69) is 43.4 Å². The average molecular weight is 311 g/mol. The minimum absolute atomic E-state index is 0.246. The van der Waals surface area contributed by atoms with Crippen molar-refractivity contribution in [3.05, 3.63) is 35.4 Å². The molecule has 1 unspecified atom stereocenters. The summed E-state index contributed by atoms with van der Waals surface area (Å²) in [4.78, 5) is 0. The minimum atomic E-state index is -2.85. The summed E-state index contributed by atoms with van der Waals surface area (Å²) in [7, 11) is -2.85. The molecule has 0 saturated heterocycles. The molecule has 21 heavy (non-hydrogen) atoms. The lowest BCUT2D eigenvalue weighted by molar-refractivity contribution is 0.536. The van der Waals surface area contributed by atoms with Gasteiger partial charge in [-0.1, -0.05) is 38.1 Å². The number of aryl methyl sites for hydroxylation is 1. The lowest BCUT2D eigenvalue weighted by atomic mass is 9.91. The second-order valence-corrected chi connectivity index (χ2v) is 8.11. The Morgan fingerprint density at radius 2 is 1.90 bits per heavy atom. The zero-order chi connectivity index (χ0) is 15.7. The van der Waals surface area contributed by atoms with Gasteiger partial charge in [0, 0.05) is 12.3 Å². The Bertz CT molecular complexity index is 511. The first-order valence-corrected chi connectivity index (χ1v) is 9.79. The lowest BCUT2D eigenvalue weighted by Crippen LogP contribution is -2.23. The number of rotatable bonds is 10. The molecule has 1 rings (SSSR count). The monoisotopic (exact) mass is 311 g/mol. The Balaban J connectivity index is 2.67. The molecule has 120 valence electrons. The van der Waals surface area contributed by atoms with Crippen LogP contribution >= 0.6 is 0 Å². The zero-order valence-corrected chi connectivity index (χ0v) is 14.4. The Labute approximate surface area is 130 Å². The lowest BCUT2D eigenvalue weighted by Gasteiger charge is -2.20. The summed E-state index contributed by atoms with van der Waals surface area (Å²) in [6.45, 7) is 7.94. The van der Waals surface area contributed by atoms with Crippen LogP contribution in [0.15, 0.2) is 24.3 Å². The fraction of sp³-hybridized carbons (Fsp3) is 0.647. The fourth-order valence-corrected chi connectivity index (χ4v) is 3.45. The van der Waals surface area contributed by atoms with E-state index in [-0.39, 0.29) is 5.75 Å². The van der Waals surface area contributed by atoms with Crippen molar-refractivity contribution in [3.63, 3.8) is 0 Å². The van der Waals surface area contributed by atoms with Crippen LogP contribution in [0.4, 0.5) is 0 Å². The van der Waals surface area contributed by atoms with Gasteiger partial charge in [-0.05, 0) is 49.8 Å². The van der Waals surface area contributed by atoms with Crippen molar-refractivity contribution >= 4 is 9.84 Å². The summed E-state index contributed by atoms with van der Waals surface area (Å²) in [5.74, 6) is 0.945. The van der Waals surface area contributed by atoms with Gasteiger partial charge in [0.15, 0.2) is 0 Å². The molecule has 0 saturated carbocycles. The first kappa shape index (κ1) is 18.2. The Morgan fingerprint density at radius 3 is 2.52 bits per heavy atom. The average Bonchev–Trinajstić information content (AvgIpc) is 2.46. The normalized spacial score (nSPS) is 13.3. The summed E-state index contributed by atoms with van der Waals surface area (Å²) < 4.78 is 23.3. The smallest absolute Gasteiger partial charge is 0.150 e. The van der Waals surface area contributed by atoms with Crippen LogP contribution in [0, 0.1) is 6.92 Å². The maximum Gasteiger partial charge on any atom is 0.150 e. The largest absolute Gasteiger partial charge is 0.316 e. The molecule has 0 aromatic heterocycles. The van der Waals surface area contributed by atoms with Crippen molar-refractivity contribution in [2.45, 2.75) is 46.0 Å². The van der Waals surface area contributed by atoms with Gasteiger partial charge in [-0.3, -0.25) is 0 Å². The fourth-order valence-electron chi connectivity index (χ4n) is 2.56. The molecule has 0 radical (unpaired) electrons. The van der Waals surface area contributed by atoms with E-state index in [4.69, 9.17) is 0 Å². The first-order chi connectivity index (χ1) is 10.00. The van der Waals surface area contributed by atoms with Crippen molar-refractivity contribution in [3.8, 4) is 0 Å². The van der Waals surface area contributed by atoms with E-state index in [1.54, 1.807) is 6.92 Å². The van der Waals surface area contributed by atoms with E-state index in [1.807, 2.05) is 0 Å². The molecule has 0 spiro atoms. The van der Waals surface area contributed by atoms with E-state index >= 15 is 0 Å². The van der Waals surface area contributed by atoms with Gasteiger partial charge in [-0.15, -0.1) is 0 Å². The second kappa shape index (κ2) is 9.21. The molecule has 1 N–H and O–H groups in total. The van der Waals surface area contributed by atoms with Crippen molar-refractivity contribution < 1.29 is 8.42 Å². The highest BCUT2D eigenvalue weighted by atomic mass is 32.2. The number of sulfone groups is 1. The first-order valence-electron chi connectivity index (χ1n) is 7.96. The van der Waals surface area contributed by atoms with Crippen molar-refractivity contribution in [1.82, 2.24) is 5.32 Å². The third-order valence-electron chi connectivity index (χ3n) is 3.89.